The molecule has 2 aromatic carbocycles. The lowest BCUT2D eigenvalue weighted by Gasteiger charge is -2.19. The lowest BCUT2D eigenvalue weighted by Crippen LogP contribution is -2.23. The zero-order valence-corrected chi connectivity index (χ0v) is 16.2. The number of aromatic amines is 1. The van der Waals surface area contributed by atoms with Crippen molar-refractivity contribution in [3.05, 3.63) is 71.3 Å². The highest BCUT2D eigenvalue weighted by atomic mass is 16.2. The molecule has 0 aliphatic heterocycles. The fourth-order valence-electron chi connectivity index (χ4n) is 4.04. The maximum Gasteiger partial charge on any atom is 0.276 e. The summed E-state index contributed by atoms with van der Waals surface area (Å²) in [5, 5.41) is 2.92. The summed E-state index contributed by atoms with van der Waals surface area (Å²) >= 11 is 0. The van der Waals surface area contributed by atoms with Gasteiger partial charge in [0, 0.05) is 5.69 Å². The number of fused-ring (bicyclic) bond motifs is 2. The molecule has 0 saturated heterocycles. The zero-order chi connectivity index (χ0) is 20.7. The molecular weight excluding hydrogens is 380 g/mol. The number of aryl methyl sites for hydroxylation is 1. The van der Waals surface area contributed by atoms with E-state index in [1.165, 1.54) is 16.5 Å². The molecule has 2 amide bonds. The Morgan fingerprint density at radius 2 is 1.90 bits per heavy atom. The van der Waals surface area contributed by atoms with Crippen molar-refractivity contribution in [1.82, 2.24) is 19.5 Å². The Balaban J connectivity index is 1.52. The van der Waals surface area contributed by atoms with Gasteiger partial charge in [0.15, 0.2) is 5.69 Å². The van der Waals surface area contributed by atoms with Gasteiger partial charge in [-0.25, -0.2) is 9.97 Å². The number of nitrogens with two attached hydrogens (primary N) is 1. The van der Waals surface area contributed by atoms with Crippen molar-refractivity contribution in [2.24, 2.45) is 5.73 Å². The molecule has 150 valence electrons. The number of primary amides is 1. The number of para-hydroxylation sites is 2. The van der Waals surface area contributed by atoms with Crippen LogP contribution in [0.3, 0.4) is 0 Å². The second-order valence-corrected chi connectivity index (χ2v) is 7.36. The van der Waals surface area contributed by atoms with Crippen LogP contribution in [-0.2, 0) is 12.8 Å². The molecule has 0 fully saturated rings. The number of hydrogen-bond donors (Lipinski definition) is 3. The Kier molecular flexibility index (Phi) is 4.31. The van der Waals surface area contributed by atoms with Crippen molar-refractivity contribution < 1.29 is 9.59 Å². The van der Waals surface area contributed by atoms with Crippen LogP contribution in [0.5, 0.6) is 0 Å². The van der Waals surface area contributed by atoms with Gasteiger partial charge in [0.2, 0.25) is 5.95 Å². The van der Waals surface area contributed by atoms with E-state index in [1.54, 1.807) is 0 Å². The van der Waals surface area contributed by atoms with Gasteiger partial charge in [-0.15, -0.1) is 0 Å². The van der Waals surface area contributed by atoms with Gasteiger partial charge in [0.25, 0.3) is 11.8 Å². The average Bonchev–Trinajstić information content (AvgIpc) is 3.38. The van der Waals surface area contributed by atoms with Gasteiger partial charge in [0.1, 0.15) is 12.0 Å². The number of aromatic nitrogens is 4. The first-order chi connectivity index (χ1) is 14.6. The highest BCUT2D eigenvalue weighted by molar-refractivity contribution is 6.10. The Morgan fingerprint density at radius 1 is 1.07 bits per heavy atom. The summed E-state index contributed by atoms with van der Waals surface area (Å²) in [5.74, 6) is -0.862. The van der Waals surface area contributed by atoms with Crippen LogP contribution >= 0.6 is 0 Å². The minimum Gasteiger partial charge on any atom is -0.364 e. The third-order valence-corrected chi connectivity index (χ3v) is 5.47. The molecule has 8 heteroatoms. The molecular formula is C22H20N6O2. The molecule has 0 radical (unpaired) electrons. The van der Waals surface area contributed by atoms with Crippen LogP contribution < -0.4 is 11.1 Å². The molecule has 5 rings (SSSR count). The van der Waals surface area contributed by atoms with E-state index >= 15 is 0 Å². The van der Waals surface area contributed by atoms with Gasteiger partial charge in [-0.2, -0.15) is 0 Å². The Hall–Kier alpha value is -3.94. The summed E-state index contributed by atoms with van der Waals surface area (Å²) < 4.78 is 1.41. The molecule has 30 heavy (non-hydrogen) atoms. The number of anilines is 1. The molecule has 0 atom stereocenters. The van der Waals surface area contributed by atoms with Crippen LogP contribution in [0.1, 0.15) is 44.9 Å². The number of amides is 2. The predicted molar refractivity (Wildman–Crippen MR) is 113 cm³/mol. The highest BCUT2D eigenvalue weighted by Crippen LogP contribution is 2.28. The predicted octanol–water partition coefficient (Wildman–Crippen LogP) is 2.98. The van der Waals surface area contributed by atoms with Gasteiger partial charge < -0.3 is 16.0 Å². The maximum absolute atomic E-state index is 13.0. The normalized spacial score (nSPS) is 13.2. The lowest BCUT2D eigenvalue weighted by molar-refractivity contribution is 0.0970. The summed E-state index contributed by atoms with van der Waals surface area (Å²) in [7, 11) is 0. The maximum atomic E-state index is 13.0. The van der Waals surface area contributed by atoms with Gasteiger partial charge in [-0.1, -0.05) is 24.3 Å². The fourth-order valence-corrected chi connectivity index (χ4v) is 4.04. The molecule has 0 saturated carbocycles. The lowest BCUT2D eigenvalue weighted by atomic mass is 9.90. The summed E-state index contributed by atoms with van der Waals surface area (Å²) in [5.41, 5.74) is 10.3. The minimum absolute atomic E-state index is 0.0173. The van der Waals surface area contributed by atoms with Crippen LogP contribution in [-0.4, -0.2) is 31.3 Å². The van der Waals surface area contributed by atoms with Gasteiger partial charge in [-0.3, -0.25) is 14.2 Å². The van der Waals surface area contributed by atoms with Crippen molar-refractivity contribution in [1.29, 1.82) is 0 Å². The smallest absolute Gasteiger partial charge is 0.276 e. The van der Waals surface area contributed by atoms with Crippen molar-refractivity contribution in [3.63, 3.8) is 0 Å². The minimum atomic E-state index is -0.756. The van der Waals surface area contributed by atoms with Gasteiger partial charge in [0.05, 0.1) is 11.0 Å². The standard InChI is InChI=1S/C22H20N6O2/c23-20(29)19-18(21(30)25-15-11-5-7-13-6-1-2-8-14(13)15)24-12-28(19)22-26-16-9-3-4-10-17(16)27-22/h3-5,7,9-12H,1-2,6,8H2,(H2,23,29)(H,25,30)(H,26,27). The first-order valence-electron chi connectivity index (χ1n) is 9.86. The van der Waals surface area contributed by atoms with Crippen LogP contribution in [0, 0.1) is 0 Å². The first kappa shape index (κ1) is 18.1. The molecule has 1 aliphatic carbocycles. The van der Waals surface area contributed by atoms with Crippen molar-refractivity contribution in [2.45, 2.75) is 25.7 Å². The zero-order valence-electron chi connectivity index (χ0n) is 16.2. The van der Waals surface area contributed by atoms with Crippen molar-refractivity contribution >= 4 is 28.5 Å². The summed E-state index contributed by atoms with van der Waals surface area (Å²) in [6.45, 7) is 0. The number of carbonyl (C=O) groups excluding carboxylic acids is 2. The van der Waals surface area contributed by atoms with E-state index in [0.29, 0.717) is 5.95 Å². The number of imidazole rings is 2. The van der Waals surface area contributed by atoms with Crippen LogP contribution in [0.4, 0.5) is 5.69 Å². The number of rotatable bonds is 4. The van der Waals surface area contributed by atoms with Crippen molar-refractivity contribution in [2.75, 3.05) is 5.32 Å². The Bertz CT molecular complexity index is 1250. The number of carbonyl (C=O) groups is 2. The van der Waals surface area contributed by atoms with E-state index in [2.05, 4.69) is 26.3 Å². The molecule has 2 aromatic heterocycles. The number of H-pyrrole nitrogens is 1. The quantitative estimate of drug-likeness (QED) is 0.488. The topological polar surface area (TPSA) is 119 Å². The Morgan fingerprint density at radius 3 is 2.73 bits per heavy atom. The highest BCUT2D eigenvalue weighted by Gasteiger charge is 2.25. The molecule has 2 heterocycles. The van der Waals surface area contributed by atoms with Crippen molar-refractivity contribution in [3.8, 4) is 5.95 Å². The van der Waals surface area contributed by atoms with E-state index in [0.717, 1.165) is 48.0 Å². The average molecular weight is 400 g/mol. The van der Waals surface area contributed by atoms with Crippen LogP contribution in [0.2, 0.25) is 0 Å². The monoisotopic (exact) mass is 400 g/mol. The molecule has 1 aliphatic rings. The fraction of sp³-hybridized carbons (Fsp3) is 0.182. The first-order valence-corrected chi connectivity index (χ1v) is 9.86. The van der Waals surface area contributed by atoms with Crippen LogP contribution in [0.25, 0.3) is 17.0 Å². The van der Waals surface area contributed by atoms with E-state index in [4.69, 9.17) is 5.73 Å². The summed E-state index contributed by atoms with van der Waals surface area (Å²) in [6, 6.07) is 13.4. The van der Waals surface area contributed by atoms with Gasteiger partial charge in [-0.05, 0) is 55.0 Å². The molecule has 0 unspecified atom stereocenters. The largest absolute Gasteiger partial charge is 0.364 e. The Labute approximate surface area is 172 Å². The summed E-state index contributed by atoms with van der Waals surface area (Å²) in [6.07, 6.45) is 5.55. The molecule has 4 N–H and O–H groups in total. The van der Waals surface area contributed by atoms with E-state index in [-0.39, 0.29) is 11.4 Å². The van der Waals surface area contributed by atoms with Crippen LogP contribution in [0.15, 0.2) is 48.8 Å². The third-order valence-electron chi connectivity index (χ3n) is 5.47. The second kappa shape index (κ2) is 7.14. The number of hydrogen-bond acceptors (Lipinski definition) is 4. The second-order valence-electron chi connectivity index (χ2n) is 7.36. The number of benzene rings is 2. The van der Waals surface area contributed by atoms with E-state index < -0.39 is 11.8 Å². The molecule has 0 spiro atoms. The third kappa shape index (κ3) is 3.02. The number of nitrogens with one attached hydrogen (secondary N) is 2. The molecule has 8 nitrogen and oxygen atoms in total. The summed E-state index contributed by atoms with van der Waals surface area (Å²) in [4.78, 5) is 37.0. The molecule has 0 bridgehead atoms. The van der Waals surface area contributed by atoms with Gasteiger partial charge >= 0.3 is 0 Å². The van der Waals surface area contributed by atoms with E-state index in [9.17, 15) is 9.59 Å². The van der Waals surface area contributed by atoms with E-state index in [1.807, 2.05) is 36.4 Å². The number of nitrogens with zero attached hydrogens (tertiary/aromatic N) is 3. The SMILES string of the molecule is NC(=O)c1c(C(=O)Nc2cccc3c2CCCC3)ncn1-c1nc2ccccc2[nH]1. The molecule has 4 aromatic rings.